The maximum atomic E-state index is 3.96. The summed E-state index contributed by atoms with van der Waals surface area (Å²) in [6.45, 7) is 0.868. The Morgan fingerprint density at radius 2 is 1.92 bits per heavy atom. The first-order chi connectivity index (χ1) is 6.45. The lowest BCUT2D eigenvalue weighted by atomic mass is 10.2. The van der Waals surface area contributed by atoms with Gasteiger partial charge in [-0.15, -0.1) is 0 Å². The minimum Gasteiger partial charge on any atom is -0.309 e. The molecule has 1 aliphatic carbocycles. The first kappa shape index (κ1) is 8.38. The van der Waals surface area contributed by atoms with E-state index in [1.54, 1.807) is 6.33 Å². The van der Waals surface area contributed by atoms with Crippen molar-refractivity contribution < 1.29 is 0 Å². The molecule has 0 bridgehead atoms. The fourth-order valence-corrected chi connectivity index (χ4v) is 1.47. The highest BCUT2D eigenvalue weighted by atomic mass is 14.9. The highest BCUT2D eigenvalue weighted by Crippen LogP contribution is 2.09. The van der Waals surface area contributed by atoms with E-state index in [-0.39, 0.29) is 0 Å². The Balaban J connectivity index is 1.80. The third-order valence-electron chi connectivity index (χ3n) is 2.22. The summed E-state index contributed by atoms with van der Waals surface area (Å²) in [6, 6.07) is 0.611. The van der Waals surface area contributed by atoms with Gasteiger partial charge in [0.2, 0.25) is 0 Å². The Morgan fingerprint density at radius 3 is 2.62 bits per heavy atom. The van der Waals surface area contributed by atoms with Crippen molar-refractivity contribution in [3.63, 3.8) is 0 Å². The Kier molecular flexibility index (Phi) is 2.67. The summed E-state index contributed by atoms with van der Waals surface area (Å²) in [6.07, 6.45) is 12.0. The van der Waals surface area contributed by atoms with Crippen LogP contribution in [-0.2, 0) is 6.54 Å². The number of nitrogens with zero attached hydrogens (tertiary/aromatic N) is 2. The summed E-state index contributed by atoms with van der Waals surface area (Å²) in [5.74, 6) is 0. The van der Waals surface area contributed by atoms with Crippen LogP contribution in [0.2, 0.25) is 0 Å². The van der Waals surface area contributed by atoms with Crippen molar-refractivity contribution in [2.45, 2.75) is 25.4 Å². The average Bonchev–Trinajstić information content (AvgIpc) is 2.69. The number of nitrogens with one attached hydrogen (secondary N) is 1. The fourth-order valence-electron chi connectivity index (χ4n) is 1.47. The highest BCUT2D eigenvalue weighted by molar-refractivity contribution is 5.04. The third-order valence-corrected chi connectivity index (χ3v) is 2.22. The van der Waals surface area contributed by atoms with Gasteiger partial charge in [-0.25, -0.2) is 9.97 Å². The molecule has 1 aromatic rings. The first-order valence-corrected chi connectivity index (χ1v) is 4.57. The molecule has 2 rings (SSSR count). The predicted molar refractivity (Wildman–Crippen MR) is 51.0 cm³/mol. The lowest BCUT2D eigenvalue weighted by Crippen LogP contribution is -2.25. The lowest BCUT2D eigenvalue weighted by molar-refractivity contribution is 0.537. The number of hydrogen-bond acceptors (Lipinski definition) is 3. The van der Waals surface area contributed by atoms with E-state index >= 15 is 0 Å². The van der Waals surface area contributed by atoms with Crippen molar-refractivity contribution in [3.05, 3.63) is 36.4 Å². The molecule has 0 aromatic carbocycles. The fraction of sp³-hybridized carbons (Fsp3) is 0.400. The summed E-state index contributed by atoms with van der Waals surface area (Å²) in [7, 11) is 0. The molecular formula is C10H13N3. The van der Waals surface area contributed by atoms with Crippen molar-refractivity contribution in [1.82, 2.24) is 15.3 Å². The van der Waals surface area contributed by atoms with Gasteiger partial charge in [-0.1, -0.05) is 12.2 Å². The van der Waals surface area contributed by atoms with Gasteiger partial charge in [-0.3, -0.25) is 0 Å². The van der Waals surface area contributed by atoms with Gasteiger partial charge in [-0.2, -0.15) is 0 Å². The summed E-state index contributed by atoms with van der Waals surface area (Å²) in [5.41, 5.74) is 1.15. The van der Waals surface area contributed by atoms with Crippen LogP contribution in [0.5, 0.6) is 0 Å². The lowest BCUT2D eigenvalue weighted by Gasteiger charge is -2.10. The zero-order valence-electron chi connectivity index (χ0n) is 7.48. The maximum absolute atomic E-state index is 3.96. The Labute approximate surface area is 77.9 Å². The van der Waals surface area contributed by atoms with Crippen molar-refractivity contribution in [1.29, 1.82) is 0 Å². The molecule has 0 fully saturated rings. The van der Waals surface area contributed by atoms with Gasteiger partial charge in [0.15, 0.2) is 0 Å². The quantitative estimate of drug-likeness (QED) is 0.703. The molecule has 13 heavy (non-hydrogen) atoms. The second kappa shape index (κ2) is 4.14. The van der Waals surface area contributed by atoms with Gasteiger partial charge in [-0.05, 0) is 12.8 Å². The summed E-state index contributed by atoms with van der Waals surface area (Å²) >= 11 is 0. The highest BCUT2D eigenvalue weighted by Gasteiger charge is 2.08. The number of hydrogen-bond donors (Lipinski definition) is 1. The third kappa shape index (κ3) is 2.36. The molecule has 1 N–H and O–H groups in total. The molecule has 0 atom stereocenters. The van der Waals surface area contributed by atoms with E-state index in [0.717, 1.165) is 24.9 Å². The zero-order chi connectivity index (χ0) is 8.93. The molecule has 3 heteroatoms. The second-order valence-corrected chi connectivity index (χ2v) is 3.27. The monoisotopic (exact) mass is 175 g/mol. The molecule has 0 unspecified atom stereocenters. The van der Waals surface area contributed by atoms with E-state index in [1.807, 2.05) is 12.4 Å². The number of rotatable bonds is 3. The predicted octanol–water partition coefficient (Wildman–Crippen LogP) is 1.28. The molecule has 0 spiro atoms. The SMILES string of the molecule is C1=CCC(NCc2cncnc2)C1. The molecule has 0 aliphatic heterocycles. The van der Waals surface area contributed by atoms with Gasteiger partial charge < -0.3 is 5.32 Å². The summed E-state index contributed by atoms with van der Waals surface area (Å²) < 4.78 is 0. The van der Waals surface area contributed by atoms with Crippen LogP contribution in [0.1, 0.15) is 18.4 Å². The van der Waals surface area contributed by atoms with Crippen LogP contribution in [0.3, 0.4) is 0 Å². The van der Waals surface area contributed by atoms with Crippen LogP contribution in [-0.4, -0.2) is 16.0 Å². The molecule has 0 radical (unpaired) electrons. The van der Waals surface area contributed by atoms with Crippen LogP contribution in [0.15, 0.2) is 30.9 Å². The minimum atomic E-state index is 0.611. The topological polar surface area (TPSA) is 37.8 Å². The van der Waals surface area contributed by atoms with Gasteiger partial charge in [0.1, 0.15) is 6.33 Å². The van der Waals surface area contributed by atoms with Crippen LogP contribution in [0, 0.1) is 0 Å². The van der Waals surface area contributed by atoms with E-state index in [0.29, 0.717) is 6.04 Å². The van der Waals surface area contributed by atoms with E-state index in [4.69, 9.17) is 0 Å². The molecule has 1 aromatic heterocycles. The van der Waals surface area contributed by atoms with Gasteiger partial charge in [0.25, 0.3) is 0 Å². The van der Waals surface area contributed by atoms with E-state index in [2.05, 4.69) is 27.4 Å². The van der Waals surface area contributed by atoms with Crippen LogP contribution in [0.4, 0.5) is 0 Å². The molecule has 68 valence electrons. The second-order valence-electron chi connectivity index (χ2n) is 3.27. The van der Waals surface area contributed by atoms with E-state index in [1.165, 1.54) is 0 Å². The first-order valence-electron chi connectivity index (χ1n) is 4.57. The van der Waals surface area contributed by atoms with Crippen molar-refractivity contribution in [3.8, 4) is 0 Å². The Hall–Kier alpha value is -1.22. The maximum Gasteiger partial charge on any atom is 0.115 e. The summed E-state index contributed by atoms with van der Waals surface area (Å²) in [5, 5.41) is 3.46. The standard InChI is InChI=1S/C10H13N3/c1-2-4-10(3-1)13-7-9-5-11-8-12-6-9/h1-2,5-6,8,10,13H,3-4,7H2. The van der Waals surface area contributed by atoms with Gasteiger partial charge in [0.05, 0.1) is 0 Å². The molecule has 1 aliphatic rings. The average molecular weight is 175 g/mol. The van der Waals surface area contributed by atoms with Crippen LogP contribution >= 0.6 is 0 Å². The minimum absolute atomic E-state index is 0.611. The van der Waals surface area contributed by atoms with Gasteiger partial charge >= 0.3 is 0 Å². The van der Waals surface area contributed by atoms with Crippen molar-refractivity contribution in [2.75, 3.05) is 0 Å². The molecule has 1 heterocycles. The van der Waals surface area contributed by atoms with E-state index in [9.17, 15) is 0 Å². The molecule has 0 amide bonds. The van der Waals surface area contributed by atoms with Crippen molar-refractivity contribution >= 4 is 0 Å². The molecule has 0 saturated carbocycles. The molecule has 0 saturated heterocycles. The van der Waals surface area contributed by atoms with Crippen LogP contribution in [0.25, 0.3) is 0 Å². The Bertz CT molecular complexity index is 273. The van der Waals surface area contributed by atoms with Crippen LogP contribution < -0.4 is 5.32 Å². The van der Waals surface area contributed by atoms with Crippen molar-refractivity contribution in [2.24, 2.45) is 0 Å². The Morgan fingerprint density at radius 1 is 1.23 bits per heavy atom. The normalized spacial score (nSPS) is 16.6. The summed E-state index contributed by atoms with van der Waals surface area (Å²) in [4.78, 5) is 7.93. The van der Waals surface area contributed by atoms with E-state index < -0.39 is 0 Å². The smallest absolute Gasteiger partial charge is 0.115 e. The molecular weight excluding hydrogens is 162 g/mol. The molecule has 3 nitrogen and oxygen atoms in total. The van der Waals surface area contributed by atoms with Gasteiger partial charge in [0, 0.05) is 30.5 Å². The zero-order valence-corrected chi connectivity index (χ0v) is 7.48. The largest absolute Gasteiger partial charge is 0.309 e. The number of aromatic nitrogens is 2.